The highest BCUT2D eigenvalue weighted by Gasteiger charge is 2.26. The van der Waals surface area contributed by atoms with Gasteiger partial charge in [0, 0.05) is 30.5 Å². The molecule has 1 fully saturated rings. The maximum Gasteiger partial charge on any atom is 0.410 e. The lowest BCUT2D eigenvalue weighted by atomic mass is 10.2. The van der Waals surface area contributed by atoms with Gasteiger partial charge in [0.2, 0.25) is 0 Å². The van der Waals surface area contributed by atoms with Gasteiger partial charge < -0.3 is 14.5 Å². The Kier molecular flexibility index (Phi) is 2.03. The van der Waals surface area contributed by atoms with Gasteiger partial charge in [-0.05, 0) is 38.9 Å². The highest BCUT2D eigenvalue weighted by atomic mass is 79.9. The molecule has 2 rings (SSSR count). The number of anilines is 1. The molecule has 1 heterocycles. The third-order valence-electron chi connectivity index (χ3n) is 2.06. The molecule has 1 amide bonds. The van der Waals surface area contributed by atoms with E-state index >= 15 is 4.39 Å². The van der Waals surface area contributed by atoms with Gasteiger partial charge in [0.05, 0.1) is 20.8 Å². The van der Waals surface area contributed by atoms with Crippen LogP contribution in [0.1, 0.15) is 35.8 Å². The molecule has 0 aromatic heterocycles. The van der Waals surface area contributed by atoms with Crippen molar-refractivity contribution in [3.63, 3.8) is 0 Å². The maximum atomic E-state index is 15.0. The van der Waals surface area contributed by atoms with Crippen molar-refractivity contribution in [1.29, 1.82) is 0 Å². The van der Waals surface area contributed by atoms with Crippen LogP contribution in [0.4, 0.5) is 14.9 Å². The van der Waals surface area contributed by atoms with Crippen LogP contribution in [0.25, 0.3) is 0 Å². The quantitative estimate of drug-likeness (QED) is 0.757. The first-order valence-electron chi connectivity index (χ1n) is 11.3. The molecule has 6 heteroatoms. The number of carbonyl (C=O) groups is 1. The van der Waals surface area contributed by atoms with Gasteiger partial charge in [0.1, 0.15) is 11.4 Å². The fourth-order valence-corrected chi connectivity index (χ4v) is 1.55. The Labute approximate surface area is 148 Å². The normalized spacial score (nSPS) is 33.3. The smallest absolute Gasteiger partial charge is 0.410 e. The van der Waals surface area contributed by atoms with E-state index in [0.717, 1.165) is 0 Å². The number of carbonyl (C=O) groups excluding carboxylic acids is 1. The van der Waals surface area contributed by atoms with Crippen LogP contribution < -0.4 is 4.90 Å². The summed E-state index contributed by atoms with van der Waals surface area (Å²) in [4.78, 5) is 12.0. The number of benzene rings is 1. The van der Waals surface area contributed by atoms with Crippen molar-refractivity contribution in [2.45, 2.75) is 26.4 Å². The van der Waals surface area contributed by atoms with E-state index in [1.807, 2.05) is 0 Å². The molecule has 0 unspecified atom stereocenters. The van der Waals surface area contributed by atoms with E-state index in [-0.39, 0.29) is 9.80 Å². The Morgan fingerprint density at radius 3 is 2.57 bits per heavy atom. The predicted octanol–water partition coefficient (Wildman–Crippen LogP) is 3.65. The monoisotopic (exact) mass is 369 g/mol. The second kappa shape index (κ2) is 6.22. The van der Waals surface area contributed by atoms with E-state index < -0.39 is 71.8 Å². The highest BCUT2D eigenvalue weighted by Crippen LogP contribution is 2.24. The second-order valence-corrected chi connectivity index (χ2v) is 5.74. The molecule has 1 aromatic rings. The topological polar surface area (TPSA) is 32.8 Å². The molecule has 0 bridgehead atoms. The minimum Gasteiger partial charge on any atom is -0.444 e. The summed E-state index contributed by atoms with van der Waals surface area (Å²) in [5.74, 6) is -1.68. The fourth-order valence-electron chi connectivity index (χ4n) is 1.28. The minimum absolute atomic E-state index is 0.305. The number of piperazine rings is 1. The van der Waals surface area contributed by atoms with Crippen molar-refractivity contribution in [3.05, 3.63) is 28.4 Å². The highest BCUT2D eigenvalue weighted by molar-refractivity contribution is 9.10. The molecule has 4 nitrogen and oxygen atoms in total. The summed E-state index contributed by atoms with van der Waals surface area (Å²) in [6.45, 7) is -10.6. The van der Waals surface area contributed by atoms with E-state index in [9.17, 15) is 4.79 Å². The summed E-state index contributed by atoms with van der Waals surface area (Å²) in [6, 6.07) is -2.98. The molecule has 0 spiro atoms. The molecule has 1 aromatic carbocycles. The van der Waals surface area contributed by atoms with Crippen LogP contribution in [0.15, 0.2) is 22.6 Å². The number of ether oxygens (including phenoxy) is 1. The van der Waals surface area contributed by atoms with E-state index in [2.05, 4.69) is 15.9 Å². The number of rotatable bonds is 1. The van der Waals surface area contributed by atoms with Crippen LogP contribution >= 0.6 is 15.9 Å². The van der Waals surface area contributed by atoms with Gasteiger partial charge in [-0.15, -0.1) is 0 Å². The predicted molar refractivity (Wildman–Crippen MR) is 84.1 cm³/mol. The summed E-state index contributed by atoms with van der Waals surface area (Å²) in [5.41, 5.74) is -2.61. The first kappa shape index (κ1) is 6.86. The Bertz CT molecular complexity index is 911. The van der Waals surface area contributed by atoms with Gasteiger partial charge >= 0.3 is 6.09 Å². The molecule has 1 saturated heterocycles. The number of halogens is 2. The average molecular weight is 370 g/mol. The van der Waals surface area contributed by atoms with Gasteiger partial charge in [-0.2, -0.15) is 0 Å². The molecule has 0 atom stereocenters. The molecule has 116 valence electrons. The Morgan fingerprint density at radius 1 is 1.38 bits per heavy atom. The third-order valence-corrected chi connectivity index (χ3v) is 2.46. The van der Waals surface area contributed by atoms with Gasteiger partial charge in [-0.25, -0.2) is 9.18 Å². The first-order chi connectivity index (χ1) is 14.0. The first-order valence-corrected chi connectivity index (χ1v) is 6.62. The number of hydrogen-bond donors (Lipinski definition) is 0. The molecular formula is C15H20BrFN2O2. The van der Waals surface area contributed by atoms with Crippen molar-refractivity contribution in [2.24, 2.45) is 0 Å². The van der Waals surface area contributed by atoms with Crippen LogP contribution in [0.5, 0.6) is 0 Å². The number of nitrogens with zero attached hydrogens (tertiary/aromatic N) is 2. The van der Waals surface area contributed by atoms with Gasteiger partial charge in [-0.1, -0.05) is 15.9 Å². The summed E-state index contributed by atoms with van der Waals surface area (Å²) in [7, 11) is 0. The van der Waals surface area contributed by atoms with Crippen LogP contribution in [0, 0.1) is 5.82 Å². The van der Waals surface area contributed by atoms with E-state index in [1.54, 1.807) is 0 Å². The zero-order chi connectivity index (χ0) is 25.4. The van der Waals surface area contributed by atoms with Crippen molar-refractivity contribution >= 4 is 27.7 Å². The average Bonchev–Trinajstić information content (AvgIpc) is 2.58. The Morgan fingerprint density at radius 2 is 2.00 bits per heavy atom. The van der Waals surface area contributed by atoms with E-state index in [4.69, 9.17) is 19.8 Å². The SMILES string of the molecule is [2H]c1c([2H])c(N2C([2H])([2H])C([2H])([2H])N(C(=O)OC(C)(C)C)C([2H])([2H])C2([2H])[2H])c(F)c([2H])c1Br. The maximum absolute atomic E-state index is 15.0. The summed E-state index contributed by atoms with van der Waals surface area (Å²) >= 11 is 2.74. The molecule has 0 N–H and O–H groups in total. The standard InChI is InChI=1S/C15H20BrFN2O2/c1-15(2,3)21-14(20)19-8-6-18(7-9-19)13-5-4-11(16)10-12(13)17/h4-5,10H,6-9H2,1-3H3/i4D,5D,6D2,7D2,8D2,9D2,10D. The van der Waals surface area contributed by atoms with E-state index in [1.165, 1.54) is 20.8 Å². The molecule has 0 radical (unpaired) electrons. The molecule has 21 heavy (non-hydrogen) atoms. The van der Waals surface area contributed by atoms with Gasteiger partial charge in [0.25, 0.3) is 0 Å². The molecule has 1 aliphatic heterocycles. The van der Waals surface area contributed by atoms with Crippen molar-refractivity contribution in [3.8, 4) is 0 Å². The minimum atomic E-state index is -3.69. The zero-order valence-corrected chi connectivity index (χ0v) is 13.1. The largest absolute Gasteiger partial charge is 0.444 e. The Balaban J connectivity index is 2.89. The lowest BCUT2D eigenvalue weighted by Gasteiger charge is -2.36. The Hall–Kier alpha value is -1.30. The van der Waals surface area contributed by atoms with Crippen LogP contribution in [-0.4, -0.2) is 42.6 Å². The molecule has 1 aliphatic rings. The van der Waals surface area contributed by atoms with Crippen LogP contribution in [0.3, 0.4) is 0 Å². The summed E-state index contributed by atoms with van der Waals surface area (Å²) < 4.78 is 109. The lowest BCUT2D eigenvalue weighted by Crippen LogP contribution is -2.50. The van der Waals surface area contributed by atoms with Crippen molar-refractivity contribution < 1.29 is 29.0 Å². The molecule has 0 saturated carbocycles. The third kappa shape index (κ3) is 4.33. The summed E-state index contributed by atoms with van der Waals surface area (Å²) in [6.07, 6.45) is -1.70. The van der Waals surface area contributed by atoms with Crippen molar-refractivity contribution in [2.75, 3.05) is 30.9 Å². The summed E-state index contributed by atoms with van der Waals surface area (Å²) in [5, 5.41) is 0. The number of amides is 1. The second-order valence-electron chi connectivity index (χ2n) is 4.95. The van der Waals surface area contributed by atoms with E-state index in [0.29, 0.717) is 0 Å². The fraction of sp³-hybridized carbons (Fsp3) is 0.533. The number of hydrogen-bond acceptors (Lipinski definition) is 3. The van der Waals surface area contributed by atoms with Crippen molar-refractivity contribution in [1.82, 2.24) is 4.90 Å². The van der Waals surface area contributed by atoms with Gasteiger partial charge in [0.15, 0.2) is 0 Å². The van der Waals surface area contributed by atoms with Crippen LogP contribution in [0.2, 0.25) is 0 Å². The molecular weight excluding hydrogens is 339 g/mol. The zero-order valence-electron chi connectivity index (χ0n) is 22.5. The lowest BCUT2D eigenvalue weighted by molar-refractivity contribution is 0.0240. The molecule has 0 aliphatic carbocycles. The van der Waals surface area contributed by atoms with Gasteiger partial charge in [-0.3, -0.25) is 0 Å². The van der Waals surface area contributed by atoms with Crippen LogP contribution in [-0.2, 0) is 4.74 Å².